The molecule has 0 radical (unpaired) electrons. The number of hydrogen-bond donors (Lipinski definition) is 1. The zero-order valence-corrected chi connectivity index (χ0v) is 16.5. The van der Waals surface area contributed by atoms with E-state index in [-0.39, 0.29) is 11.9 Å². The van der Waals surface area contributed by atoms with Gasteiger partial charge >= 0.3 is 0 Å². The quantitative estimate of drug-likeness (QED) is 0.707. The number of nitrogens with two attached hydrogens (primary N) is 1. The molecule has 0 spiro atoms. The molecule has 0 aliphatic carbocycles. The predicted octanol–water partition coefficient (Wildman–Crippen LogP) is 4.35. The molecule has 1 aliphatic heterocycles. The molecule has 5 heteroatoms. The van der Waals surface area contributed by atoms with E-state index in [0.717, 1.165) is 43.5 Å². The second-order valence-corrected chi connectivity index (χ2v) is 7.58. The van der Waals surface area contributed by atoms with Crippen molar-refractivity contribution in [3.05, 3.63) is 78.1 Å². The number of nitrogen functional groups attached to an aromatic ring is 1. The second-order valence-electron chi connectivity index (χ2n) is 7.58. The largest absolute Gasteiger partial charge is 0.384 e. The van der Waals surface area contributed by atoms with Crippen LogP contribution < -0.4 is 5.73 Å². The van der Waals surface area contributed by atoms with Gasteiger partial charge in [-0.25, -0.2) is 9.97 Å². The first-order valence-corrected chi connectivity index (χ1v) is 10.2. The van der Waals surface area contributed by atoms with Crippen LogP contribution in [-0.2, 0) is 6.42 Å². The fraction of sp³-hybridized carbons (Fsp3) is 0.292. The van der Waals surface area contributed by atoms with Crippen molar-refractivity contribution >= 4 is 11.7 Å². The average molecular weight is 386 g/mol. The van der Waals surface area contributed by atoms with E-state index in [1.54, 1.807) is 6.07 Å². The number of rotatable bonds is 5. The Hall–Kier alpha value is -3.21. The van der Waals surface area contributed by atoms with Crippen LogP contribution in [0.25, 0.3) is 11.3 Å². The Bertz CT molecular complexity index is 973. The Morgan fingerprint density at radius 1 is 1.03 bits per heavy atom. The molecule has 5 nitrogen and oxygen atoms in total. The lowest BCUT2D eigenvalue weighted by Crippen LogP contribution is -2.44. The summed E-state index contributed by atoms with van der Waals surface area (Å²) in [7, 11) is 0. The van der Waals surface area contributed by atoms with Gasteiger partial charge in [0, 0.05) is 29.8 Å². The van der Waals surface area contributed by atoms with Gasteiger partial charge in [-0.2, -0.15) is 0 Å². The normalized spacial score (nSPS) is 16.6. The van der Waals surface area contributed by atoms with Crippen LogP contribution in [0.5, 0.6) is 0 Å². The number of carbonyl (C=O) groups is 1. The van der Waals surface area contributed by atoms with Crippen LogP contribution in [0, 0.1) is 0 Å². The minimum absolute atomic E-state index is 0.103. The van der Waals surface area contributed by atoms with E-state index in [0.29, 0.717) is 11.4 Å². The minimum atomic E-state index is 0.103. The van der Waals surface area contributed by atoms with Gasteiger partial charge in [0.2, 0.25) is 0 Å². The van der Waals surface area contributed by atoms with Crippen LogP contribution in [0.3, 0.4) is 0 Å². The van der Waals surface area contributed by atoms with Crippen LogP contribution in [0.1, 0.15) is 41.6 Å². The number of aryl methyl sites for hydroxylation is 1. The highest BCUT2D eigenvalue weighted by Crippen LogP contribution is 2.25. The molecule has 1 amide bonds. The number of anilines is 1. The molecule has 1 aromatic heterocycles. The molecule has 3 aromatic rings. The molecule has 4 rings (SSSR count). The maximum Gasteiger partial charge on any atom is 0.254 e. The Labute approximate surface area is 171 Å². The van der Waals surface area contributed by atoms with Crippen molar-refractivity contribution in [3.8, 4) is 11.3 Å². The average Bonchev–Trinajstić information content (AvgIpc) is 2.78. The molecule has 1 fully saturated rings. The Balaban J connectivity index is 1.51. The van der Waals surface area contributed by atoms with Crippen molar-refractivity contribution < 1.29 is 4.79 Å². The SMILES string of the molecule is Nc1cc(-c2cccc(C(=O)N3CCCC[C@@H]3CCc3ccccc3)c2)ncn1. The first-order chi connectivity index (χ1) is 14.2. The summed E-state index contributed by atoms with van der Waals surface area (Å²) in [6.45, 7) is 0.822. The molecule has 1 aliphatic rings. The molecule has 0 saturated carbocycles. The first-order valence-electron chi connectivity index (χ1n) is 10.2. The maximum atomic E-state index is 13.3. The fourth-order valence-corrected chi connectivity index (χ4v) is 4.05. The van der Waals surface area contributed by atoms with Gasteiger partial charge in [0.1, 0.15) is 12.1 Å². The van der Waals surface area contributed by atoms with Gasteiger partial charge in [0.25, 0.3) is 5.91 Å². The first kappa shape index (κ1) is 19.1. The van der Waals surface area contributed by atoms with Gasteiger partial charge in [0.15, 0.2) is 0 Å². The number of aromatic nitrogens is 2. The van der Waals surface area contributed by atoms with Crippen molar-refractivity contribution in [1.82, 2.24) is 14.9 Å². The molecular formula is C24H26N4O. The van der Waals surface area contributed by atoms with Crippen LogP contribution in [0.2, 0.25) is 0 Å². The zero-order chi connectivity index (χ0) is 20.1. The fourth-order valence-electron chi connectivity index (χ4n) is 4.05. The predicted molar refractivity (Wildman–Crippen MR) is 115 cm³/mol. The number of hydrogen-bond acceptors (Lipinski definition) is 4. The summed E-state index contributed by atoms with van der Waals surface area (Å²) in [5.74, 6) is 0.523. The molecule has 29 heavy (non-hydrogen) atoms. The third-order valence-electron chi connectivity index (χ3n) is 5.59. The molecule has 1 atom stereocenters. The highest BCUT2D eigenvalue weighted by Gasteiger charge is 2.27. The van der Waals surface area contributed by atoms with Gasteiger partial charge < -0.3 is 10.6 Å². The van der Waals surface area contributed by atoms with Crippen molar-refractivity contribution in [2.45, 2.75) is 38.1 Å². The lowest BCUT2D eigenvalue weighted by atomic mass is 9.94. The summed E-state index contributed by atoms with van der Waals surface area (Å²) < 4.78 is 0. The van der Waals surface area contributed by atoms with E-state index < -0.39 is 0 Å². The molecule has 1 saturated heterocycles. The number of likely N-dealkylation sites (tertiary alicyclic amines) is 1. The van der Waals surface area contributed by atoms with Crippen LogP contribution in [0.15, 0.2) is 67.0 Å². The summed E-state index contributed by atoms with van der Waals surface area (Å²) in [5, 5.41) is 0. The van der Waals surface area contributed by atoms with E-state index in [2.05, 4.69) is 39.1 Å². The highest BCUT2D eigenvalue weighted by atomic mass is 16.2. The summed E-state index contributed by atoms with van der Waals surface area (Å²) in [4.78, 5) is 23.6. The van der Waals surface area contributed by atoms with Crippen LogP contribution in [0.4, 0.5) is 5.82 Å². The van der Waals surface area contributed by atoms with E-state index >= 15 is 0 Å². The van der Waals surface area contributed by atoms with Gasteiger partial charge in [-0.15, -0.1) is 0 Å². The van der Waals surface area contributed by atoms with Crippen LogP contribution in [-0.4, -0.2) is 33.4 Å². The molecule has 2 aromatic carbocycles. The topological polar surface area (TPSA) is 72.1 Å². The zero-order valence-electron chi connectivity index (χ0n) is 16.5. The maximum absolute atomic E-state index is 13.3. The molecule has 0 bridgehead atoms. The molecular weight excluding hydrogens is 360 g/mol. The van der Waals surface area contributed by atoms with Crippen molar-refractivity contribution in [3.63, 3.8) is 0 Å². The highest BCUT2D eigenvalue weighted by molar-refractivity contribution is 5.95. The van der Waals surface area contributed by atoms with E-state index in [1.807, 2.05) is 30.3 Å². The lowest BCUT2D eigenvalue weighted by Gasteiger charge is -2.36. The Kier molecular flexibility index (Phi) is 5.84. The van der Waals surface area contributed by atoms with Gasteiger partial charge in [-0.05, 0) is 49.8 Å². The second kappa shape index (κ2) is 8.86. The standard InChI is InChI=1S/C24H26N4O/c25-23-16-22(26-17-27-23)19-9-6-10-20(15-19)24(29)28-14-5-4-11-21(28)13-12-18-7-2-1-3-8-18/h1-3,6-10,15-17,21H,4-5,11-14H2,(H2,25,26,27)/t21-/m1/s1. The smallest absolute Gasteiger partial charge is 0.254 e. The van der Waals surface area contributed by atoms with Crippen molar-refractivity contribution in [2.75, 3.05) is 12.3 Å². The number of piperidine rings is 1. The third kappa shape index (κ3) is 4.62. The van der Waals surface area contributed by atoms with E-state index in [4.69, 9.17) is 5.73 Å². The Morgan fingerprint density at radius 3 is 2.72 bits per heavy atom. The van der Waals surface area contributed by atoms with E-state index in [1.165, 1.54) is 18.3 Å². The molecule has 2 N–H and O–H groups in total. The summed E-state index contributed by atoms with van der Waals surface area (Å²) in [6, 6.07) is 20.2. The molecule has 2 heterocycles. The van der Waals surface area contributed by atoms with Gasteiger partial charge in [-0.1, -0.05) is 42.5 Å². The number of benzene rings is 2. The molecule has 0 unspecified atom stereocenters. The van der Waals surface area contributed by atoms with Crippen LogP contribution >= 0.6 is 0 Å². The monoisotopic (exact) mass is 386 g/mol. The Morgan fingerprint density at radius 2 is 1.90 bits per heavy atom. The summed E-state index contributed by atoms with van der Waals surface area (Å²) in [6.07, 6.45) is 6.76. The summed E-state index contributed by atoms with van der Waals surface area (Å²) in [5.41, 5.74) is 9.42. The number of nitrogens with zero attached hydrogens (tertiary/aromatic N) is 3. The van der Waals surface area contributed by atoms with Crippen molar-refractivity contribution in [2.24, 2.45) is 0 Å². The number of carbonyl (C=O) groups excluding carboxylic acids is 1. The van der Waals surface area contributed by atoms with Crippen molar-refractivity contribution in [1.29, 1.82) is 0 Å². The molecule has 148 valence electrons. The van der Waals surface area contributed by atoms with Gasteiger partial charge in [-0.3, -0.25) is 4.79 Å². The number of amides is 1. The third-order valence-corrected chi connectivity index (χ3v) is 5.59. The van der Waals surface area contributed by atoms with Gasteiger partial charge in [0.05, 0.1) is 5.69 Å². The summed E-state index contributed by atoms with van der Waals surface area (Å²) >= 11 is 0. The van der Waals surface area contributed by atoms with E-state index in [9.17, 15) is 4.79 Å². The minimum Gasteiger partial charge on any atom is -0.384 e. The lowest BCUT2D eigenvalue weighted by molar-refractivity contribution is 0.0602.